The van der Waals surface area contributed by atoms with Crippen molar-refractivity contribution in [2.45, 2.75) is 0 Å². The Hall–Kier alpha value is 3.43. The first-order valence-corrected chi connectivity index (χ1v) is 30.4. The molecule has 0 aromatic rings. The first-order valence-electron chi connectivity index (χ1n) is 1.67. The Morgan fingerprint density at radius 2 is 1.90 bits per heavy atom. The summed E-state index contributed by atoms with van der Waals surface area (Å²) in [5.74, 6) is 0. The van der Waals surface area contributed by atoms with Crippen molar-refractivity contribution in [2.75, 3.05) is 0 Å². The molecule has 0 unspecified atom stereocenters. The summed E-state index contributed by atoms with van der Waals surface area (Å²) in [5.41, 5.74) is 0. The van der Waals surface area contributed by atoms with Crippen molar-refractivity contribution in [1.29, 1.82) is 0 Å². The molecule has 0 aromatic heterocycles. The summed E-state index contributed by atoms with van der Waals surface area (Å²) in [6.07, 6.45) is 0. The average Bonchev–Trinajstić information content (AvgIpc) is 1.88. The van der Waals surface area contributed by atoms with Crippen molar-refractivity contribution in [3.8, 4) is 0 Å². The Morgan fingerprint density at radius 3 is 2.20 bits per heavy atom. The van der Waals surface area contributed by atoms with Crippen LogP contribution in [0.5, 0.6) is 0 Å². The number of hydrogen-bond acceptors (Lipinski definition) is 2. The van der Waals surface area contributed by atoms with Gasteiger partial charge in [0.2, 0.25) is 0 Å². The third-order valence-electron chi connectivity index (χ3n) is 0.402. The molecule has 1 aliphatic rings. The lowest BCUT2D eigenvalue weighted by Gasteiger charge is -1.92. The maximum atomic E-state index is 10.6. The largest absolute Gasteiger partial charge is 0.306 e. The molecule has 1 aliphatic heterocycles. The van der Waals surface area contributed by atoms with Gasteiger partial charge in [0.05, 0.1) is 0 Å². The van der Waals surface area contributed by atoms with Gasteiger partial charge in [-0.05, 0) is 71.2 Å². The molecule has 64 valence electrons. The molecular formula is CHI5O3S. The topological polar surface area (TPSA) is 54.4 Å². The minimum absolute atomic E-state index is 0.127. The number of halogens is 5. The molecule has 0 aromatic carbocycles. The number of rotatable bonds is 1. The zero-order valence-electron chi connectivity index (χ0n) is 4.06. The third kappa shape index (κ3) is 4.09. The molecule has 3 nitrogen and oxygen atoms in total. The van der Waals surface area contributed by atoms with Crippen LogP contribution in [0.15, 0.2) is 0 Å². The smallest absolute Gasteiger partial charge is 0.281 e. The molecule has 0 atom stereocenters. The van der Waals surface area contributed by atoms with Gasteiger partial charge in [-0.2, -0.15) is 8.42 Å². The molecule has 1 rings (SSSR count). The van der Waals surface area contributed by atoms with Gasteiger partial charge in [-0.15, -0.1) is 0 Å². The van der Waals surface area contributed by atoms with Crippen LogP contribution in [0.2, 0.25) is 0 Å². The summed E-state index contributed by atoms with van der Waals surface area (Å²) >= 11 is 0.964. The van der Waals surface area contributed by atoms with Crippen molar-refractivity contribution in [3.05, 3.63) is 0 Å². The summed E-state index contributed by atoms with van der Waals surface area (Å²) in [6, 6.07) is 0. The maximum absolute atomic E-state index is 10.6. The minimum Gasteiger partial charge on any atom is -0.281 e. The van der Waals surface area contributed by atoms with E-state index in [0.29, 0.717) is 38.7 Å². The van der Waals surface area contributed by atoms with Crippen LogP contribution in [-0.2, 0) is 10.1 Å². The Bertz CT molecular complexity index is 310. The van der Waals surface area contributed by atoms with Crippen LogP contribution < -0.4 is 0 Å². The molecule has 0 bridgehead atoms. The van der Waals surface area contributed by atoms with Gasteiger partial charge in [0, 0.05) is 0 Å². The van der Waals surface area contributed by atoms with E-state index < -0.39 is 10.1 Å². The quantitative estimate of drug-likeness (QED) is 0.333. The zero-order chi connectivity index (χ0) is 7.61. The van der Waals surface area contributed by atoms with E-state index in [9.17, 15) is 8.42 Å². The molecular weight excluding hydrogens is 727 g/mol. The van der Waals surface area contributed by atoms with Crippen LogP contribution in [0.3, 0.4) is 0 Å². The van der Waals surface area contributed by atoms with Crippen molar-refractivity contribution < 1.29 is 13.0 Å². The summed E-state index contributed by atoms with van der Waals surface area (Å²) in [6.45, 7) is 0. The van der Waals surface area contributed by atoms with E-state index in [2.05, 4.69) is 0 Å². The van der Waals surface area contributed by atoms with Gasteiger partial charge in [-0.1, -0.05) is 0 Å². The predicted molar refractivity (Wildman–Crippen MR) is 86.7 cm³/mol. The van der Waals surface area contributed by atoms with Crippen LogP contribution >= 0.6 is 71.2 Å². The fraction of sp³-hybridized carbons (Fsp3) is 0. The van der Waals surface area contributed by atoms with Crippen LogP contribution in [0.25, 0.3) is 0 Å². The maximum Gasteiger partial charge on any atom is 0.306 e. The fourth-order valence-corrected chi connectivity index (χ4v) is 238. The highest BCUT2D eigenvalue weighted by atomic mass is 128. The van der Waals surface area contributed by atoms with Crippen molar-refractivity contribution >= 4 is 82.2 Å². The molecule has 1 N–H and O–H groups in total. The Kier molecular flexibility index (Phi) is 6.15. The summed E-state index contributed by atoms with van der Waals surface area (Å²) in [7, 11) is -3.64. The zero-order valence-corrected chi connectivity index (χ0v) is 15.7. The lowest BCUT2D eigenvalue weighted by molar-refractivity contribution is 0.500. The van der Waals surface area contributed by atoms with Gasteiger partial charge in [0.1, 0.15) is 0 Å². The van der Waals surface area contributed by atoms with Crippen molar-refractivity contribution in [1.82, 2.24) is 0 Å². The summed E-state index contributed by atoms with van der Waals surface area (Å²) in [4.78, 5) is 0. The normalized spacial score (nSPS) is 21.1. The van der Waals surface area contributed by atoms with Gasteiger partial charge < -0.3 is 0 Å². The second-order valence-corrected chi connectivity index (χ2v) is 63.1. The Labute approximate surface area is 92.0 Å². The monoisotopic (exact) mass is 727 g/mol. The van der Waals surface area contributed by atoms with Gasteiger partial charge in [-0.3, -0.25) is 4.55 Å². The molecule has 0 fully saturated rings. The Morgan fingerprint density at radius 1 is 1.20 bits per heavy atom. The molecule has 0 aliphatic carbocycles. The number of hydrogen-bond donors (Lipinski definition) is 1. The molecule has 9 heteroatoms. The van der Waals surface area contributed by atoms with Crippen molar-refractivity contribution in [2.24, 2.45) is 0 Å². The van der Waals surface area contributed by atoms with E-state index in [0.717, 1.165) is 0 Å². The highest BCUT2D eigenvalue weighted by Crippen LogP contribution is 2.52. The predicted octanol–water partition coefficient (Wildman–Crippen LogP) is 3.49. The van der Waals surface area contributed by atoms with Crippen molar-refractivity contribution in [3.63, 3.8) is 0 Å². The van der Waals surface area contributed by atoms with Gasteiger partial charge in [0.25, 0.3) is 0 Å². The lowest BCUT2D eigenvalue weighted by Crippen LogP contribution is -2.02. The third-order valence-corrected chi connectivity index (χ3v) is 127. The first kappa shape index (κ1) is 11.5. The van der Waals surface area contributed by atoms with E-state index in [1.54, 1.807) is 0 Å². The average molecular weight is 728 g/mol. The van der Waals surface area contributed by atoms with Crippen LogP contribution in [-0.4, -0.2) is 13.8 Å². The summed E-state index contributed by atoms with van der Waals surface area (Å²) < 4.78 is 30.6. The van der Waals surface area contributed by atoms with Crippen LogP contribution in [0.4, 0.5) is 0 Å². The molecule has 0 saturated carbocycles. The molecule has 0 radical (unpaired) electrons. The standard InChI is InChI=1S/CHI5O3S/c7-10(8,9)1-2-4-6-5-3-1/h(H,7,8,9). The SMILES string of the molecule is O=S(=O)(O)C1=II=II=I1. The second kappa shape index (κ2) is 5.35. The fourth-order valence-electron chi connectivity index (χ4n) is 0.154. The van der Waals surface area contributed by atoms with Gasteiger partial charge >= 0.3 is 10.1 Å². The molecule has 0 saturated heterocycles. The Balaban J connectivity index is 3.08. The second-order valence-electron chi connectivity index (χ2n) is 1.01. The van der Waals surface area contributed by atoms with Crippen LogP contribution in [0.1, 0.15) is 0 Å². The van der Waals surface area contributed by atoms with E-state index >= 15 is 0 Å². The summed E-state index contributed by atoms with van der Waals surface area (Å²) in [5, 5.41) is 0. The van der Waals surface area contributed by atoms with E-state index in [1.807, 2.05) is 0 Å². The van der Waals surface area contributed by atoms with Gasteiger partial charge in [0.15, 0.2) is 0.848 Å². The lowest BCUT2D eigenvalue weighted by atomic mass is 11.9. The highest BCUT2D eigenvalue weighted by molar-refractivity contribution is 15.5. The van der Waals surface area contributed by atoms with E-state index in [1.165, 1.54) is 0 Å². The van der Waals surface area contributed by atoms with Gasteiger partial charge in [-0.25, -0.2) is 0 Å². The van der Waals surface area contributed by atoms with Crippen LogP contribution in [0, 0.1) is 0 Å². The van der Waals surface area contributed by atoms with E-state index in [-0.39, 0.29) is 33.3 Å². The minimum atomic E-state index is -3.64. The molecule has 0 spiro atoms. The highest BCUT2D eigenvalue weighted by Gasteiger charge is 2.12. The first-order chi connectivity index (χ1) is 4.61. The molecule has 0 amide bonds. The molecule has 1 heterocycles. The molecule has 10 heavy (non-hydrogen) atoms. The van der Waals surface area contributed by atoms with E-state index in [4.69, 9.17) is 4.55 Å².